The number of morpholine rings is 1. The number of nitrogens with zero attached hydrogens (tertiary/aromatic N) is 8. The molecule has 0 radical (unpaired) electrons. The van der Waals surface area contributed by atoms with Crippen molar-refractivity contribution < 1.29 is 27.5 Å². The van der Waals surface area contributed by atoms with E-state index >= 15 is 0 Å². The number of aromatic nitrogens is 6. The average Bonchev–Trinajstić information content (AvgIpc) is 3.50. The van der Waals surface area contributed by atoms with Crippen molar-refractivity contribution in [2.45, 2.75) is 19.6 Å². The number of alkyl halides is 3. The molecule has 0 atom stereocenters. The molecule has 0 aliphatic carbocycles. The standard InChI is InChI=1S/C28H29F3N10O5/c1-17-23(37-6-8-38(9-7-37)24(44)20-14-33-21(42)15-32-20)25(45)41-27(35-26(36-41)39-10-12-46-13-11-39)40(17)16-22(43)34-19-4-2-18(3-5-19)28(29,30)31/h2-5,14-15H,6-13,16H2,1H3,(H,33,42)(H,34,43). The van der Waals surface area contributed by atoms with Crippen LogP contribution in [-0.4, -0.2) is 98.3 Å². The van der Waals surface area contributed by atoms with Crippen molar-refractivity contribution in [3.8, 4) is 0 Å². The third-order valence-electron chi connectivity index (χ3n) is 7.83. The molecule has 3 aromatic heterocycles. The molecule has 0 spiro atoms. The highest BCUT2D eigenvalue weighted by atomic mass is 19.4. The van der Waals surface area contributed by atoms with E-state index in [9.17, 15) is 32.3 Å². The van der Waals surface area contributed by atoms with Gasteiger partial charge in [-0.2, -0.15) is 22.7 Å². The van der Waals surface area contributed by atoms with Crippen LogP contribution in [0.5, 0.6) is 0 Å². The highest BCUT2D eigenvalue weighted by Gasteiger charge is 2.31. The number of halogens is 3. The Morgan fingerprint density at radius 3 is 2.33 bits per heavy atom. The Labute approximate surface area is 258 Å². The van der Waals surface area contributed by atoms with Crippen LogP contribution in [0.15, 0.2) is 46.2 Å². The number of rotatable bonds is 6. The number of nitrogens with one attached hydrogen (secondary N) is 2. The number of carbonyl (C=O) groups is 2. The Bertz CT molecular complexity index is 1870. The van der Waals surface area contributed by atoms with Gasteiger partial charge in [0.2, 0.25) is 17.6 Å². The largest absolute Gasteiger partial charge is 0.416 e. The van der Waals surface area contributed by atoms with E-state index in [0.29, 0.717) is 32.0 Å². The van der Waals surface area contributed by atoms with Crippen molar-refractivity contribution in [1.82, 2.24) is 34.0 Å². The van der Waals surface area contributed by atoms with Crippen LogP contribution in [0.25, 0.3) is 5.78 Å². The van der Waals surface area contributed by atoms with E-state index in [0.717, 1.165) is 35.0 Å². The molecule has 4 aromatic rings. The molecule has 2 aliphatic heterocycles. The van der Waals surface area contributed by atoms with Crippen LogP contribution >= 0.6 is 0 Å². The summed E-state index contributed by atoms with van der Waals surface area (Å²) in [5.74, 6) is -0.517. The predicted molar refractivity (Wildman–Crippen MR) is 158 cm³/mol. The second-order valence-corrected chi connectivity index (χ2v) is 10.7. The maximum atomic E-state index is 13.9. The lowest BCUT2D eigenvalue weighted by Gasteiger charge is -2.36. The molecule has 46 heavy (non-hydrogen) atoms. The minimum absolute atomic E-state index is 0.0883. The molecule has 2 aliphatic rings. The third kappa shape index (κ3) is 6.15. The van der Waals surface area contributed by atoms with Crippen molar-refractivity contribution in [2.24, 2.45) is 0 Å². The second-order valence-electron chi connectivity index (χ2n) is 10.7. The molecule has 15 nitrogen and oxygen atoms in total. The van der Waals surface area contributed by atoms with Gasteiger partial charge in [0, 0.05) is 56.8 Å². The highest BCUT2D eigenvalue weighted by molar-refractivity contribution is 5.92. The number of amides is 2. The summed E-state index contributed by atoms with van der Waals surface area (Å²) in [5.41, 5.74) is -0.788. The van der Waals surface area contributed by atoms with Gasteiger partial charge in [0.1, 0.15) is 17.9 Å². The Balaban J connectivity index is 1.29. The molecule has 2 fully saturated rings. The van der Waals surface area contributed by atoms with Gasteiger partial charge < -0.3 is 34.3 Å². The fourth-order valence-corrected chi connectivity index (χ4v) is 5.43. The topological polar surface area (TPSA) is 163 Å². The first kappa shape index (κ1) is 30.8. The third-order valence-corrected chi connectivity index (χ3v) is 7.83. The Kier molecular flexibility index (Phi) is 8.20. The molecule has 2 N–H and O–H groups in total. The molecule has 0 saturated carbocycles. The van der Waals surface area contributed by atoms with Crippen molar-refractivity contribution in [3.05, 3.63) is 74.3 Å². The summed E-state index contributed by atoms with van der Waals surface area (Å²) >= 11 is 0. The van der Waals surface area contributed by atoms with Gasteiger partial charge in [-0.3, -0.25) is 19.2 Å². The van der Waals surface area contributed by atoms with Crippen LogP contribution in [0.1, 0.15) is 21.7 Å². The lowest BCUT2D eigenvalue weighted by Crippen LogP contribution is -2.51. The highest BCUT2D eigenvalue weighted by Crippen LogP contribution is 2.30. The summed E-state index contributed by atoms with van der Waals surface area (Å²) in [4.78, 5) is 67.5. The lowest BCUT2D eigenvalue weighted by molar-refractivity contribution is -0.137. The van der Waals surface area contributed by atoms with Crippen molar-refractivity contribution in [1.29, 1.82) is 0 Å². The van der Waals surface area contributed by atoms with Crippen LogP contribution in [0.2, 0.25) is 0 Å². The van der Waals surface area contributed by atoms with Gasteiger partial charge in [-0.15, -0.1) is 5.10 Å². The van der Waals surface area contributed by atoms with Crippen LogP contribution in [-0.2, 0) is 22.3 Å². The minimum Gasteiger partial charge on any atom is -0.378 e. The van der Waals surface area contributed by atoms with E-state index in [1.54, 1.807) is 11.8 Å². The maximum absolute atomic E-state index is 13.9. The summed E-state index contributed by atoms with van der Waals surface area (Å²) < 4.78 is 47.1. The van der Waals surface area contributed by atoms with Gasteiger partial charge in [-0.1, -0.05) is 0 Å². The normalized spacial score (nSPS) is 15.8. The number of fused-ring (bicyclic) bond motifs is 1. The predicted octanol–water partition coefficient (Wildman–Crippen LogP) is 0.739. The van der Waals surface area contributed by atoms with Crippen LogP contribution in [0, 0.1) is 6.92 Å². The Morgan fingerprint density at radius 1 is 1.00 bits per heavy atom. The van der Waals surface area contributed by atoms with Gasteiger partial charge in [-0.05, 0) is 31.2 Å². The number of piperazine rings is 1. The Morgan fingerprint density at radius 2 is 1.70 bits per heavy atom. The molecule has 5 heterocycles. The monoisotopic (exact) mass is 642 g/mol. The first-order valence-corrected chi connectivity index (χ1v) is 14.4. The number of hydrogen-bond acceptors (Lipinski definition) is 10. The summed E-state index contributed by atoms with van der Waals surface area (Å²) in [6.07, 6.45) is -2.23. The van der Waals surface area contributed by atoms with E-state index in [2.05, 4.69) is 25.4 Å². The zero-order valence-electron chi connectivity index (χ0n) is 24.6. The molecule has 242 valence electrons. The van der Waals surface area contributed by atoms with Crippen molar-refractivity contribution in [3.63, 3.8) is 0 Å². The first-order chi connectivity index (χ1) is 22.0. The number of hydrogen-bond donors (Lipinski definition) is 2. The molecule has 2 saturated heterocycles. The van der Waals surface area contributed by atoms with Crippen molar-refractivity contribution >= 4 is 34.9 Å². The molecule has 1 aromatic carbocycles. The lowest BCUT2D eigenvalue weighted by atomic mass is 10.2. The molecule has 0 unspecified atom stereocenters. The summed E-state index contributed by atoms with van der Waals surface area (Å²) in [7, 11) is 0. The number of benzene rings is 1. The van der Waals surface area contributed by atoms with Gasteiger partial charge >= 0.3 is 6.18 Å². The van der Waals surface area contributed by atoms with E-state index in [4.69, 9.17) is 4.74 Å². The van der Waals surface area contributed by atoms with Gasteiger partial charge in [0.05, 0.1) is 25.0 Å². The van der Waals surface area contributed by atoms with E-state index in [1.165, 1.54) is 10.8 Å². The van der Waals surface area contributed by atoms with Gasteiger partial charge in [-0.25, -0.2) is 4.98 Å². The molecular weight excluding hydrogens is 613 g/mol. The smallest absolute Gasteiger partial charge is 0.378 e. The van der Waals surface area contributed by atoms with E-state index < -0.39 is 28.8 Å². The van der Waals surface area contributed by atoms with Gasteiger partial charge in [0.15, 0.2) is 0 Å². The van der Waals surface area contributed by atoms with E-state index in [1.807, 2.05) is 9.80 Å². The van der Waals surface area contributed by atoms with Crippen molar-refractivity contribution in [2.75, 3.05) is 67.6 Å². The first-order valence-electron chi connectivity index (χ1n) is 14.4. The average molecular weight is 643 g/mol. The quantitative estimate of drug-likeness (QED) is 0.307. The number of aromatic amines is 1. The number of carbonyl (C=O) groups excluding carboxylic acids is 2. The van der Waals surface area contributed by atoms with Crippen LogP contribution < -0.4 is 26.2 Å². The summed E-state index contributed by atoms with van der Waals surface area (Å²) in [6, 6.07) is 4.08. The minimum atomic E-state index is -4.51. The summed E-state index contributed by atoms with van der Waals surface area (Å²) in [6.45, 7) is 4.33. The zero-order valence-corrected chi connectivity index (χ0v) is 24.6. The molecular formula is C28H29F3N10O5. The molecule has 0 bridgehead atoms. The molecule has 18 heteroatoms. The Hall–Kier alpha value is -5.26. The van der Waals surface area contributed by atoms with Crippen LogP contribution in [0.4, 0.5) is 30.5 Å². The summed E-state index contributed by atoms with van der Waals surface area (Å²) in [5, 5.41) is 7.09. The van der Waals surface area contributed by atoms with Crippen LogP contribution in [0.3, 0.4) is 0 Å². The fourth-order valence-electron chi connectivity index (χ4n) is 5.43. The SMILES string of the molecule is Cc1c(N2CCN(C(=O)c3c[nH]c(=O)cn3)CC2)c(=O)n2nc(N3CCOCC3)nc2n1CC(=O)Nc1ccc(C(F)(F)F)cc1. The van der Waals surface area contributed by atoms with Gasteiger partial charge in [0.25, 0.3) is 17.0 Å². The van der Waals surface area contributed by atoms with E-state index in [-0.39, 0.29) is 67.4 Å². The second kappa shape index (κ2) is 12.3. The number of ether oxygens (including phenoxy) is 1. The fraction of sp³-hybridized carbons (Fsp3) is 0.393. The molecule has 6 rings (SSSR count). The molecule has 2 amide bonds. The number of anilines is 3. The zero-order chi connectivity index (χ0) is 32.6. The number of H-pyrrole nitrogens is 1. The maximum Gasteiger partial charge on any atom is 0.416 e.